The largest absolute Gasteiger partial charge is 0.384 e. The number of carbonyl (C=O) groups is 1. The summed E-state index contributed by atoms with van der Waals surface area (Å²) >= 11 is 5.97. The Morgan fingerprint density at radius 3 is 2.82 bits per heavy atom. The Morgan fingerprint density at radius 2 is 2.09 bits per heavy atom. The van der Waals surface area contributed by atoms with Crippen LogP contribution in [0.4, 0.5) is 10.2 Å². The SMILES string of the molecule is Cc1cc(N)nc(C)c1CNC(=O)c1cn(Cc2cc(F)c3ncc(Cl)cc3c2)nc1C#N. The molecule has 0 bridgehead atoms. The van der Waals surface area contributed by atoms with Crippen LogP contribution in [0.5, 0.6) is 0 Å². The van der Waals surface area contributed by atoms with Crippen LogP contribution in [-0.2, 0) is 13.1 Å². The molecular formula is C23H19ClFN7O. The Balaban J connectivity index is 1.56. The number of nitrogen functional groups attached to an aromatic ring is 1. The summed E-state index contributed by atoms with van der Waals surface area (Å²) in [6.07, 6.45) is 2.85. The van der Waals surface area contributed by atoms with Crippen LogP contribution in [0.1, 0.15) is 38.4 Å². The maximum atomic E-state index is 14.4. The van der Waals surface area contributed by atoms with Crippen LogP contribution >= 0.6 is 11.6 Å². The Bertz CT molecular complexity index is 1420. The zero-order valence-electron chi connectivity index (χ0n) is 17.9. The summed E-state index contributed by atoms with van der Waals surface area (Å²) in [6, 6.07) is 8.38. The topological polar surface area (TPSA) is 123 Å². The number of aromatic nitrogens is 4. The maximum Gasteiger partial charge on any atom is 0.256 e. The molecule has 0 aliphatic carbocycles. The lowest BCUT2D eigenvalue weighted by atomic mass is 10.1. The number of anilines is 1. The third-order valence-electron chi connectivity index (χ3n) is 5.22. The number of hydrogen-bond acceptors (Lipinski definition) is 6. The number of benzene rings is 1. The lowest BCUT2D eigenvalue weighted by Gasteiger charge is -2.11. The molecule has 0 aliphatic heterocycles. The molecule has 0 unspecified atom stereocenters. The Hall–Kier alpha value is -4.03. The number of pyridine rings is 2. The summed E-state index contributed by atoms with van der Waals surface area (Å²) in [6.45, 7) is 4.08. The molecule has 4 rings (SSSR count). The van der Waals surface area contributed by atoms with Crippen LogP contribution in [-0.4, -0.2) is 25.7 Å². The summed E-state index contributed by atoms with van der Waals surface area (Å²) in [5, 5.41) is 17.4. The first-order valence-electron chi connectivity index (χ1n) is 9.97. The number of fused-ring (bicyclic) bond motifs is 1. The predicted octanol–water partition coefficient (Wildman–Crippen LogP) is 3.67. The van der Waals surface area contributed by atoms with Crippen molar-refractivity contribution in [3.63, 3.8) is 0 Å². The molecule has 0 fully saturated rings. The number of nitriles is 1. The van der Waals surface area contributed by atoms with Crippen molar-refractivity contribution in [1.29, 1.82) is 5.26 Å². The summed E-state index contributed by atoms with van der Waals surface area (Å²) in [4.78, 5) is 21.0. The van der Waals surface area contributed by atoms with Crippen molar-refractivity contribution in [2.75, 3.05) is 5.73 Å². The number of aryl methyl sites for hydroxylation is 2. The number of hydrogen-bond donors (Lipinski definition) is 2. The van der Waals surface area contributed by atoms with Gasteiger partial charge < -0.3 is 11.1 Å². The fourth-order valence-corrected chi connectivity index (χ4v) is 3.85. The van der Waals surface area contributed by atoms with E-state index in [1.807, 2.05) is 19.9 Å². The first-order chi connectivity index (χ1) is 15.7. The highest BCUT2D eigenvalue weighted by molar-refractivity contribution is 6.31. The van der Waals surface area contributed by atoms with E-state index in [2.05, 4.69) is 20.4 Å². The lowest BCUT2D eigenvalue weighted by molar-refractivity contribution is 0.0950. The van der Waals surface area contributed by atoms with E-state index < -0.39 is 11.7 Å². The average Bonchev–Trinajstić information content (AvgIpc) is 3.15. The lowest BCUT2D eigenvalue weighted by Crippen LogP contribution is -2.24. The van der Waals surface area contributed by atoms with Crippen LogP contribution < -0.4 is 11.1 Å². The van der Waals surface area contributed by atoms with Gasteiger partial charge in [-0.05, 0) is 54.8 Å². The van der Waals surface area contributed by atoms with Gasteiger partial charge in [0.25, 0.3) is 5.91 Å². The third kappa shape index (κ3) is 4.61. The first kappa shape index (κ1) is 22.2. The molecule has 0 atom stereocenters. The highest BCUT2D eigenvalue weighted by Gasteiger charge is 2.18. The predicted molar refractivity (Wildman–Crippen MR) is 122 cm³/mol. The van der Waals surface area contributed by atoms with E-state index in [1.54, 1.807) is 18.2 Å². The van der Waals surface area contributed by atoms with E-state index in [1.165, 1.54) is 23.1 Å². The fraction of sp³-hybridized carbons (Fsp3) is 0.174. The molecule has 10 heteroatoms. The van der Waals surface area contributed by atoms with Crippen molar-refractivity contribution in [3.05, 3.63) is 81.1 Å². The molecule has 1 amide bonds. The smallest absolute Gasteiger partial charge is 0.256 e. The van der Waals surface area contributed by atoms with Crippen molar-refractivity contribution in [2.24, 2.45) is 0 Å². The summed E-state index contributed by atoms with van der Waals surface area (Å²) in [7, 11) is 0. The molecule has 0 saturated carbocycles. The zero-order valence-corrected chi connectivity index (χ0v) is 18.6. The van der Waals surface area contributed by atoms with E-state index >= 15 is 0 Å². The number of nitrogens with one attached hydrogen (secondary N) is 1. The first-order valence-corrected chi connectivity index (χ1v) is 10.3. The van der Waals surface area contributed by atoms with Crippen LogP contribution in [0.3, 0.4) is 0 Å². The number of carbonyl (C=O) groups excluding carboxylic acids is 1. The van der Waals surface area contributed by atoms with Crippen LogP contribution in [0, 0.1) is 31.0 Å². The minimum atomic E-state index is -0.493. The van der Waals surface area contributed by atoms with Crippen LogP contribution in [0.25, 0.3) is 10.9 Å². The number of nitrogens with zero attached hydrogens (tertiary/aromatic N) is 5. The maximum absolute atomic E-state index is 14.4. The molecule has 4 aromatic rings. The summed E-state index contributed by atoms with van der Waals surface area (Å²) in [5.74, 6) is -0.530. The van der Waals surface area contributed by atoms with Gasteiger partial charge in [0.2, 0.25) is 0 Å². The highest BCUT2D eigenvalue weighted by atomic mass is 35.5. The molecule has 3 aromatic heterocycles. The van der Waals surface area contributed by atoms with Crippen molar-refractivity contribution in [2.45, 2.75) is 26.9 Å². The zero-order chi connectivity index (χ0) is 23.7. The molecule has 0 spiro atoms. The van der Waals surface area contributed by atoms with Crippen LogP contribution in [0.15, 0.2) is 36.7 Å². The van der Waals surface area contributed by atoms with E-state index in [9.17, 15) is 14.4 Å². The fourth-order valence-electron chi connectivity index (χ4n) is 3.69. The van der Waals surface area contributed by atoms with E-state index in [4.69, 9.17) is 17.3 Å². The Labute approximate surface area is 193 Å². The van der Waals surface area contributed by atoms with Gasteiger partial charge in [-0.2, -0.15) is 10.4 Å². The molecule has 0 radical (unpaired) electrons. The summed E-state index contributed by atoms with van der Waals surface area (Å²) in [5.41, 5.74) is 9.12. The molecule has 8 nitrogen and oxygen atoms in total. The molecule has 1 aromatic carbocycles. The van der Waals surface area contributed by atoms with Gasteiger partial charge in [-0.1, -0.05) is 11.6 Å². The van der Waals surface area contributed by atoms with Gasteiger partial charge in [0, 0.05) is 30.0 Å². The number of halogens is 2. The summed E-state index contributed by atoms with van der Waals surface area (Å²) < 4.78 is 15.9. The minimum absolute atomic E-state index is 0.0256. The normalized spacial score (nSPS) is 10.9. The van der Waals surface area contributed by atoms with Crippen molar-refractivity contribution in [3.8, 4) is 6.07 Å². The van der Waals surface area contributed by atoms with Crippen LogP contribution in [0.2, 0.25) is 5.02 Å². The number of rotatable bonds is 5. The van der Waals surface area contributed by atoms with E-state index in [0.717, 1.165) is 16.8 Å². The molecule has 0 saturated heterocycles. The molecule has 0 aliphatic rings. The second-order valence-corrected chi connectivity index (χ2v) is 8.05. The van der Waals surface area contributed by atoms with E-state index in [-0.39, 0.29) is 29.9 Å². The van der Waals surface area contributed by atoms with E-state index in [0.29, 0.717) is 21.8 Å². The average molecular weight is 464 g/mol. The molecular weight excluding hydrogens is 445 g/mol. The number of nitrogens with two attached hydrogens (primary N) is 1. The molecule has 3 heterocycles. The molecule has 166 valence electrons. The standard InChI is InChI=1S/C23H19ClFN7O/c1-12-3-21(27)30-13(2)17(12)9-29-23(33)18-11-32(31-20(18)7-26)10-14-4-15-6-16(24)8-28-22(15)19(25)5-14/h3-6,8,11H,9-10H2,1-2H3,(H2,27,30)(H,29,33). The van der Waals surface area contributed by atoms with Gasteiger partial charge in [-0.25, -0.2) is 9.37 Å². The molecule has 33 heavy (non-hydrogen) atoms. The second-order valence-electron chi connectivity index (χ2n) is 7.61. The van der Waals surface area contributed by atoms with Gasteiger partial charge in [0.15, 0.2) is 5.69 Å². The minimum Gasteiger partial charge on any atom is -0.384 e. The Kier molecular flexibility index (Phi) is 5.94. The van der Waals surface area contributed by atoms with Crippen molar-refractivity contribution < 1.29 is 9.18 Å². The quantitative estimate of drug-likeness (QED) is 0.465. The second kappa shape index (κ2) is 8.84. The van der Waals surface area contributed by atoms with Gasteiger partial charge in [0.1, 0.15) is 23.2 Å². The van der Waals surface area contributed by atoms with Gasteiger partial charge in [0.05, 0.1) is 17.1 Å². The van der Waals surface area contributed by atoms with Gasteiger partial charge in [-0.3, -0.25) is 14.5 Å². The third-order valence-corrected chi connectivity index (χ3v) is 5.43. The van der Waals surface area contributed by atoms with Gasteiger partial charge >= 0.3 is 0 Å². The number of amides is 1. The highest BCUT2D eigenvalue weighted by Crippen LogP contribution is 2.22. The Morgan fingerprint density at radius 1 is 1.30 bits per heavy atom. The van der Waals surface area contributed by atoms with Crippen molar-refractivity contribution >= 4 is 34.2 Å². The molecule has 3 N–H and O–H groups in total. The monoisotopic (exact) mass is 463 g/mol. The van der Waals surface area contributed by atoms with Gasteiger partial charge in [-0.15, -0.1) is 0 Å². The van der Waals surface area contributed by atoms with Crippen molar-refractivity contribution in [1.82, 2.24) is 25.1 Å².